The highest BCUT2D eigenvalue weighted by molar-refractivity contribution is 5.22. The summed E-state index contributed by atoms with van der Waals surface area (Å²) in [4.78, 5) is 2.52. The molecular formula is C12H22N4. The van der Waals surface area contributed by atoms with Crippen LogP contribution in [-0.4, -0.2) is 34.3 Å². The first-order chi connectivity index (χ1) is 7.67. The van der Waals surface area contributed by atoms with Crippen molar-refractivity contribution in [3.8, 4) is 0 Å². The van der Waals surface area contributed by atoms with Crippen molar-refractivity contribution < 1.29 is 0 Å². The molecule has 0 bridgehead atoms. The molecular weight excluding hydrogens is 200 g/mol. The van der Waals surface area contributed by atoms with E-state index >= 15 is 0 Å². The number of nitrogens with two attached hydrogens (primary N) is 1. The molecule has 1 aromatic rings. The predicted molar refractivity (Wildman–Crippen MR) is 65.1 cm³/mol. The van der Waals surface area contributed by atoms with Gasteiger partial charge in [0, 0.05) is 24.8 Å². The molecule has 2 heterocycles. The average Bonchev–Trinajstić information content (AvgIpc) is 2.80. The molecule has 1 aliphatic rings. The van der Waals surface area contributed by atoms with E-state index < -0.39 is 0 Å². The van der Waals surface area contributed by atoms with Crippen molar-refractivity contribution >= 4 is 0 Å². The summed E-state index contributed by atoms with van der Waals surface area (Å²) in [6, 6.07) is 0.476. The number of hydrogen-bond donors (Lipinski definition) is 1. The van der Waals surface area contributed by atoms with Gasteiger partial charge in [-0.05, 0) is 38.9 Å². The highest BCUT2D eigenvalue weighted by Gasteiger charge is 2.35. The quantitative estimate of drug-likeness (QED) is 0.832. The Balaban J connectivity index is 2.31. The van der Waals surface area contributed by atoms with Crippen LogP contribution < -0.4 is 5.73 Å². The molecule has 0 saturated carbocycles. The molecule has 2 N–H and O–H groups in total. The lowest BCUT2D eigenvalue weighted by atomic mass is 9.94. The lowest BCUT2D eigenvalue weighted by Gasteiger charge is -2.26. The van der Waals surface area contributed by atoms with E-state index in [0.29, 0.717) is 12.0 Å². The van der Waals surface area contributed by atoms with Gasteiger partial charge in [0.1, 0.15) is 0 Å². The number of rotatable bonds is 3. The van der Waals surface area contributed by atoms with Crippen molar-refractivity contribution in [3.63, 3.8) is 0 Å². The standard InChI is InChI=1S/C12H22N4/c1-4-16-6-5-10(7-13)12(16)11-8-15(3)14-9(11)2/h8,10,12H,4-7,13H2,1-3H3. The maximum Gasteiger partial charge on any atom is 0.0641 e. The third-order valence-corrected chi connectivity index (χ3v) is 3.71. The molecule has 1 aliphatic heterocycles. The SMILES string of the molecule is CCN1CCC(CN)C1c1cn(C)nc1C. The molecule has 4 heteroatoms. The van der Waals surface area contributed by atoms with Gasteiger partial charge in [-0.3, -0.25) is 9.58 Å². The normalized spacial score (nSPS) is 26.5. The molecule has 1 aromatic heterocycles. The Labute approximate surface area is 97.4 Å². The minimum atomic E-state index is 0.476. The second-order valence-electron chi connectivity index (χ2n) is 4.70. The molecule has 0 aromatic carbocycles. The average molecular weight is 222 g/mol. The van der Waals surface area contributed by atoms with Gasteiger partial charge in [-0.15, -0.1) is 0 Å². The molecule has 0 amide bonds. The van der Waals surface area contributed by atoms with E-state index in [1.807, 2.05) is 11.7 Å². The minimum absolute atomic E-state index is 0.476. The fraction of sp³-hybridized carbons (Fsp3) is 0.750. The first kappa shape index (κ1) is 11.6. The van der Waals surface area contributed by atoms with Gasteiger partial charge in [0.05, 0.1) is 5.69 Å². The van der Waals surface area contributed by atoms with Crippen LogP contribution in [0.25, 0.3) is 0 Å². The predicted octanol–water partition coefficient (Wildman–Crippen LogP) is 1.07. The van der Waals surface area contributed by atoms with Crippen LogP contribution in [0.5, 0.6) is 0 Å². The summed E-state index contributed by atoms with van der Waals surface area (Å²) in [6.07, 6.45) is 3.36. The second kappa shape index (κ2) is 4.55. The van der Waals surface area contributed by atoms with Gasteiger partial charge in [0.2, 0.25) is 0 Å². The Morgan fingerprint density at radius 1 is 1.56 bits per heavy atom. The van der Waals surface area contributed by atoms with Gasteiger partial charge in [-0.1, -0.05) is 6.92 Å². The molecule has 1 saturated heterocycles. The van der Waals surface area contributed by atoms with Crippen molar-refractivity contribution in [1.82, 2.24) is 14.7 Å². The number of nitrogens with zero attached hydrogens (tertiary/aromatic N) is 3. The smallest absolute Gasteiger partial charge is 0.0641 e. The highest BCUT2D eigenvalue weighted by Crippen LogP contribution is 2.37. The molecule has 90 valence electrons. The monoisotopic (exact) mass is 222 g/mol. The van der Waals surface area contributed by atoms with Gasteiger partial charge in [-0.25, -0.2) is 0 Å². The highest BCUT2D eigenvalue weighted by atomic mass is 15.3. The molecule has 2 rings (SSSR count). The van der Waals surface area contributed by atoms with Crippen LogP contribution in [0.15, 0.2) is 6.20 Å². The first-order valence-electron chi connectivity index (χ1n) is 6.11. The number of aromatic nitrogens is 2. The summed E-state index contributed by atoms with van der Waals surface area (Å²) in [6.45, 7) is 7.34. The summed E-state index contributed by atoms with van der Waals surface area (Å²) >= 11 is 0. The molecule has 16 heavy (non-hydrogen) atoms. The summed E-state index contributed by atoms with van der Waals surface area (Å²) in [5.41, 5.74) is 8.38. The number of hydrogen-bond acceptors (Lipinski definition) is 3. The fourth-order valence-corrected chi connectivity index (χ4v) is 2.89. The zero-order valence-corrected chi connectivity index (χ0v) is 10.5. The van der Waals surface area contributed by atoms with E-state index in [1.165, 1.54) is 12.0 Å². The van der Waals surface area contributed by atoms with Gasteiger partial charge in [0.15, 0.2) is 0 Å². The molecule has 2 atom stereocenters. The van der Waals surface area contributed by atoms with Crippen molar-refractivity contribution in [2.24, 2.45) is 18.7 Å². The Bertz CT molecular complexity index is 346. The second-order valence-corrected chi connectivity index (χ2v) is 4.70. The maximum absolute atomic E-state index is 5.88. The van der Waals surface area contributed by atoms with Gasteiger partial charge >= 0.3 is 0 Å². The number of likely N-dealkylation sites (tertiary alicyclic amines) is 1. The van der Waals surface area contributed by atoms with Crippen LogP contribution in [0.3, 0.4) is 0 Å². The van der Waals surface area contributed by atoms with Crippen molar-refractivity contribution in [2.75, 3.05) is 19.6 Å². The summed E-state index contributed by atoms with van der Waals surface area (Å²) in [7, 11) is 1.99. The molecule has 2 unspecified atom stereocenters. The van der Waals surface area contributed by atoms with Crippen LogP contribution in [0.2, 0.25) is 0 Å². The zero-order valence-electron chi connectivity index (χ0n) is 10.5. The third-order valence-electron chi connectivity index (χ3n) is 3.71. The molecule has 0 aliphatic carbocycles. The lowest BCUT2D eigenvalue weighted by molar-refractivity contribution is 0.241. The van der Waals surface area contributed by atoms with Crippen molar-refractivity contribution in [2.45, 2.75) is 26.3 Å². The Morgan fingerprint density at radius 3 is 2.81 bits per heavy atom. The van der Waals surface area contributed by atoms with E-state index in [1.54, 1.807) is 0 Å². The maximum atomic E-state index is 5.88. The molecule has 1 fully saturated rings. The van der Waals surface area contributed by atoms with E-state index in [4.69, 9.17) is 5.73 Å². The number of aryl methyl sites for hydroxylation is 2. The van der Waals surface area contributed by atoms with Crippen LogP contribution >= 0.6 is 0 Å². The van der Waals surface area contributed by atoms with Gasteiger partial charge in [-0.2, -0.15) is 5.10 Å². The lowest BCUT2D eigenvalue weighted by Crippen LogP contribution is -2.28. The third kappa shape index (κ3) is 1.87. The Kier molecular flexibility index (Phi) is 3.30. The van der Waals surface area contributed by atoms with Crippen LogP contribution in [0.1, 0.15) is 30.6 Å². The Hall–Kier alpha value is -0.870. The van der Waals surface area contributed by atoms with Crippen LogP contribution in [0, 0.1) is 12.8 Å². The largest absolute Gasteiger partial charge is 0.330 e. The first-order valence-corrected chi connectivity index (χ1v) is 6.11. The minimum Gasteiger partial charge on any atom is -0.330 e. The van der Waals surface area contributed by atoms with Crippen LogP contribution in [-0.2, 0) is 7.05 Å². The summed E-state index contributed by atoms with van der Waals surface area (Å²) < 4.78 is 1.91. The fourth-order valence-electron chi connectivity index (χ4n) is 2.89. The van der Waals surface area contributed by atoms with Gasteiger partial charge < -0.3 is 5.73 Å². The summed E-state index contributed by atoms with van der Waals surface area (Å²) in [5, 5.41) is 4.44. The van der Waals surface area contributed by atoms with E-state index in [9.17, 15) is 0 Å². The zero-order chi connectivity index (χ0) is 11.7. The van der Waals surface area contributed by atoms with Gasteiger partial charge in [0.25, 0.3) is 0 Å². The Morgan fingerprint density at radius 2 is 2.31 bits per heavy atom. The van der Waals surface area contributed by atoms with E-state index in [2.05, 4.69) is 30.0 Å². The molecule has 0 spiro atoms. The topological polar surface area (TPSA) is 47.1 Å². The molecule has 4 nitrogen and oxygen atoms in total. The van der Waals surface area contributed by atoms with E-state index in [-0.39, 0.29) is 0 Å². The van der Waals surface area contributed by atoms with Crippen molar-refractivity contribution in [1.29, 1.82) is 0 Å². The van der Waals surface area contributed by atoms with Crippen LogP contribution in [0.4, 0.5) is 0 Å². The summed E-state index contributed by atoms with van der Waals surface area (Å²) in [5.74, 6) is 0.586. The van der Waals surface area contributed by atoms with Crippen molar-refractivity contribution in [3.05, 3.63) is 17.5 Å². The van der Waals surface area contributed by atoms with E-state index in [0.717, 1.165) is 25.3 Å². The molecule has 0 radical (unpaired) electrons.